The second kappa shape index (κ2) is 12.3. The van der Waals surface area contributed by atoms with Gasteiger partial charge in [0.1, 0.15) is 24.4 Å². The molecule has 1 unspecified atom stereocenters. The first-order valence-electron chi connectivity index (χ1n) is 12.6. The second-order valence-electron chi connectivity index (χ2n) is 9.33. The van der Waals surface area contributed by atoms with Gasteiger partial charge in [0, 0.05) is 14.0 Å². The minimum Gasteiger partial charge on any atom is -0.374 e. The van der Waals surface area contributed by atoms with E-state index in [9.17, 15) is 0 Å². The maximum Gasteiger partial charge on any atom is 0.282 e. The van der Waals surface area contributed by atoms with Gasteiger partial charge in [-0.1, -0.05) is 91.0 Å². The molecule has 2 fully saturated rings. The van der Waals surface area contributed by atoms with E-state index in [-0.39, 0.29) is 0 Å². The Kier molecular flexibility index (Phi) is 8.63. The van der Waals surface area contributed by atoms with E-state index >= 15 is 0 Å². The van der Waals surface area contributed by atoms with Gasteiger partial charge >= 0.3 is 0 Å². The predicted molar refractivity (Wildman–Crippen MR) is 136 cm³/mol. The summed E-state index contributed by atoms with van der Waals surface area (Å²) in [5.41, 5.74) is 3.19. The van der Waals surface area contributed by atoms with Crippen molar-refractivity contribution < 1.29 is 33.2 Å². The molecule has 2 heterocycles. The Balaban J connectivity index is 1.36. The van der Waals surface area contributed by atoms with Crippen LogP contribution in [0.25, 0.3) is 0 Å². The highest BCUT2D eigenvalue weighted by Gasteiger charge is 2.57. The Labute approximate surface area is 218 Å². The van der Waals surface area contributed by atoms with Crippen molar-refractivity contribution in [3.63, 3.8) is 0 Å². The zero-order valence-corrected chi connectivity index (χ0v) is 21.2. The summed E-state index contributed by atoms with van der Waals surface area (Å²) in [6.07, 6.45) is -2.63. The monoisotopic (exact) mass is 506 g/mol. The summed E-state index contributed by atoms with van der Waals surface area (Å²) in [4.78, 5) is 0. The fraction of sp³-hybridized carbons (Fsp3) is 0.400. The van der Waals surface area contributed by atoms with Crippen LogP contribution in [0.2, 0.25) is 0 Å². The number of hydrogen-bond acceptors (Lipinski definition) is 7. The average molecular weight is 507 g/mol. The van der Waals surface area contributed by atoms with Gasteiger partial charge in [-0.2, -0.15) is 0 Å². The molecule has 7 heteroatoms. The normalized spacial score (nSPS) is 29.2. The molecule has 2 aliphatic rings. The van der Waals surface area contributed by atoms with Crippen molar-refractivity contribution in [2.75, 3.05) is 13.7 Å². The maximum atomic E-state index is 6.50. The lowest BCUT2D eigenvalue weighted by atomic mass is 9.98. The molecule has 3 aromatic rings. The van der Waals surface area contributed by atoms with Crippen molar-refractivity contribution in [1.82, 2.24) is 0 Å². The van der Waals surface area contributed by atoms with Crippen LogP contribution in [0.3, 0.4) is 0 Å². The van der Waals surface area contributed by atoms with Crippen molar-refractivity contribution in [2.45, 2.75) is 63.4 Å². The summed E-state index contributed by atoms with van der Waals surface area (Å²) in [7, 11) is 1.54. The number of hydrogen-bond donors (Lipinski definition) is 0. The lowest BCUT2D eigenvalue weighted by Gasteiger charge is -2.42. The molecule has 0 N–H and O–H groups in total. The molecule has 0 bridgehead atoms. The summed E-state index contributed by atoms with van der Waals surface area (Å²) in [6.45, 7) is 3.28. The standard InChI is InChI=1S/C30H34O7/c1-30(31-2)36-28-27(34-20-24-16-10-5-11-17-24)26(33-19-23-14-8-4-9-15-23)25(35-29(28)37-30)21-32-18-22-12-6-3-7-13-22/h3-17,25-29H,18-21H2,1-2H3/t25-,26+,27-,28-,29-,30?/m0/s1. The number of ether oxygens (including phenoxy) is 7. The van der Waals surface area contributed by atoms with Gasteiger partial charge in [-0.3, -0.25) is 4.74 Å². The lowest BCUT2D eigenvalue weighted by Crippen LogP contribution is -2.59. The lowest BCUT2D eigenvalue weighted by molar-refractivity contribution is -0.334. The van der Waals surface area contributed by atoms with E-state index in [0.29, 0.717) is 26.4 Å². The highest BCUT2D eigenvalue weighted by atomic mass is 16.9. The SMILES string of the molecule is COC1(C)O[C@@H]2O[C@@H](COCc3ccccc3)[C@@H](OCc3ccccc3)[C@H](OCc3ccccc3)[C@@H]2O1. The Morgan fingerprint density at radius 1 is 0.676 bits per heavy atom. The highest BCUT2D eigenvalue weighted by Crippen LogP contribution is 2.39. The fourth-order valence-electron chi connectivity index (χ4n) is 4.61. The fourth-order valence-corrected chi connectivity index (χ4v) is 4.61. The maximum absolute atomic E-state index is 6.50. The van der Waals surface area contributed by atoms with E-state index in [2.05, 4.69) is 0 Å². The molecule has 0 aliphatic carbocycles. The van der Waals surface area contributed by atoms with Crippen molar-refractivity contribution in [3.8, 4) is 0 Å². The largest absolute Gasteiger partial charge is 0.374 e. The van der Waals surface area contributed by atoms with Crippen LogP contribution < -0.4 is 0 Å². The molecule has 196 valence electrons. The first kappa shape index (κ1) is 26.0. The Morgan fingerprint density at radius 2 is 1.19 bits per heavy atom. The number of rotatable bonds is 11. The summed E-state index contributed by atoms with van der Waals surface area (Å²) in [5.74, 6) is -1.24. The van der Waals surface area contributed by atoms with Crippen LogP contribution in [0, 0.1) is 0 Å². The molecule has 7 nitrogen and oxygen atoms in total. The van der Waals surface area contributed by atoms with Gasteiger partial charge in [-0.25, -0.2) is 0 Å². The topological polar surface area (TPSA) is 64.6 Å². The van der Waals surface area contributed by atoms with Gasteiger partial charge in [-0.05, 0) is 16.7 Å². The van der Waals surface area contributed by atoms with Crippen LogP contribution in [0.1, 0.15) is 23.6 Å². The van der Waals surface area contributed by atoms with Crippen LogP contribution in [0.5, 0.6) is 0 Å². The minimum absolute atomic E-state index is 0.301. The van der Waals surface area contributed by atoms with Crippen LogP contribution in [-0.4, -0.2) is 50.4 Å². The Bertz CT molecular complexity index is 1080. The van der Waals surface area contributed by atoms with E-state index < -0.39 is 36.7 Å². The van der Waals surface area contributed by atoms with Crippen molar-refractivity contribution >= 4 is 0 Å². The third-order valence-corrected chi connectivity index (χ3v) is 6.61. The van der Waals surface area contributed by atoms with Crippen LogP contribution >= 0.6 is 0 Å². The molecule has 6 atom stereocenters. The zero-order chi connectivity index (χ0) is 25.5. The van der Waals surface area contributed by atoms with E-state index in [1.807, 2.05) is 91.0 Å². The first-order valence-corrected chi connectivity index (χ1v) is 12.6. The Morgan fingerprint density at radius 3 is 1.73 bits per heavy atom. The van der Waals surface area contributed by atoms with Crippen LogP contribution in [0.15, 0.2) is 91.0 Å². The van der Waals surface area contributed by atoms with Crippen molar-refractivity contribution in [1.29, 1.82) is 0 Å². The summed E-state index contributed by atoms with van der Waals surface area (Å²) in [5, 5.41) is 0. The average Bonchev–Trinajstić information content (AvgIpc) is 3.29. The Hall–Kier alpha value is -2.62. The van der Waals surface area contributed by atoms with Gasteiger partial charge < -0.3 is 28.4 Å². The molecule has 0 saturated carbocycles. The van der Waals surface area contributed by atoms with E-state index in [1.54, 1.807) is 14.0 Å². The van der Waals surface area contributed by atoms with Crippen molar-refractivity contribution in [2.24, 2.45) is 0 Å². The van der Waals surface area contributed by atoms with Gasteiger partial charge in [0.25, 0.3) is 5.97 Å². The van der Waals surface area contributed by atoms with E-state index in [1.165, 1.54) is 0 Å². The number of fused-ring (bicyclic) bond motifs is 1. The van der Waals surface area contributed by atoms with Crippen LogP contribution in [0.4, 0.5) is 0 Å². The molecule has 3 aromatic carbocycles. The molecule has 2 aliphatic heterocycles. The summed E-state index contributed by atoms with van der Waals surface area (Å²) in [6, 6.07) is 30.1. The quantitative estimate of drug-likeness (QED) is 0.369. The van der Waals surface area contributed by atoms with Crippen LogP contribution in [-0.2, 0) is 53.0 Å². The molecule has 0 spiro atoms. The smallest absolute Gasteiger partial charge is 0.282 e. The molecule has 0 radical (unpaired) electrons. The highest BCUT2D eigenvalue weighted by molar-refractivity contribution is 5.15. The summed E-state index contributed by atoms with van der Waals surface area (Å²) >= 11 is 0. The second-order valence-corrected chi connectivity index (χ2v) is 9.33. The third kappa shape index (κ3) is 6.64. The van der Waals surface area contributed by atoms with Gasteiger partial charge in [-0.15, -0.1) is 0 Å². The molecule has 37 heavy (non-hydrogen) atoms. The van der Waals surface area contributed by atoms with E-state index in [0.717, 1.165) is 16.7 Å². The third-order valence-electron chi connectivity index (χ3n) is 6.61. The predicted octanol–water partition coefficient (Wildman–Crippen LogP) is 4.83. The zero-order valence-electron chi connectivity index (χ0n) is 21.2. The molecular formula is C30H34O7. The van der Waals surface area contributed by atoms with Gasteiger partial charge in [0.2, 0.25) is 0 Å². The van der Waals surface area contributed by atoms with Gasteiger partial charge in [0.15, 0.2) is 6.29 Å². The first-order chi connectivity index (χ1) is 18.1. The molecular weight excluding hydrogens is 472 g/mol. The van der Waals surface area contributed by atoms with Crippen molar-refractivity contribution in [3.05, 3.63) is 108 Å². The van der Waals surface area contributed by atoms with Gasteiger partial charge in [0.05, 0.1) is 26.4 Å². The molecule has 0 aromatic heterocycles. The molecule has 5 rings (SSSR count). The summed E-state index contributed by atoms with van der Waals surface area (Å²) < 4.78 is 43.2. The minimum atomic E-state index is -1.24. The van der Waals surface area contributed by atoms with E-state index in [4.69, 9.17) is 33.2 Å². The molecule has 2 saturated heterocycles. The number of benzene rings is 3. The molecule has 0 amide bonds. The number of methoxy groups -OCH3 is 1.